The first kappa shape index (κ1) is 93.1. The zero-order valence-electron chi connectivity index (χ0n) is 61.6. The van der Waals surface area contributed by atoms with Gasteiger partial charge in [0.1, 0.15) is 19.3 Å². The molecule has 0 bridgehead atoms. The number of carbonyl (C=O) groups is 4. The summed E-state index contributed by atoms with van der Waals surface area (Å²) in [7, 11) is -9.89. The smallest absolute Gasteiger partial charge is 0.462 e. The molecule has 0 aliphatic carbocycles. The molecule has 19 heteroatoms. The summed E-state index contributed by atoms with van der Waals surface area (Å²) in [6.07, 6.45) is 61.8. The molecule has 0 spiro atoms. The number of phosphoric acid groups is 2. The first-order valence-corrected chi connectivity index (χ1v) is 42.8. The first-order valence-electron chi connectivity index (χ1n) is 39.8. The van der Waals surface area contributed by atoms with Crippen molar-refractivity contribution in [2.24, 2.45) is 0 Å². The lowest BCUT2D eigenvalue weighted by Crippen LogP contribution is -2.30. The SMILES string of the molecule is CCCCCCCCCCCCCCCCCCCCCCCC(=O)O[C@H](COC(=O)CCCCCCCCCCCCCCCCCCCCCC)COP(=O)(O)OC[C@@H](O)COP(=O)(O)OC[C@@H](COC(=O)CCCCCCC)OC(=O)CCCCCCCCCCC. The Morgan fingerprint density at radius 3 is 0.621 bits per heavy atom. The summed E-state index contributed by atoms with van der Waals surface area (Å²) in [6, 6.07) is 0. The summed E-state index contributed by atoms with van der Waals surface area (Å²) in [5, 5.41) is 10.6. The van der Waals surface area contributed by atoms with Crippen LogP contribution in [0.2, 0.25) is 0 Å². The molecule has 2 unspecified atom stereocenters. The number of hydrogen-bond donors (Lipinski definition) is 3. The maximum absolute atomic E-state index is 13.1. The number of esters is 4. The van der Waals surface area contributed by atoms with Crippen LogP contribution in [0, 0.1) is 0 Å². The Hall–Kier alpha value is -1.94. The van der Waals surface area contributed by atoms with Crippen LogP contribution in [0.15, 0.2) is 0 Å². The molecule has 95 heavy (non-hydrogen) atoms. The predicted molar refractivity (Wildman–Crippen MR) is 386 cm³/mol. The van der Waals surface area contributed by atoms with Crippen LogP contribution in [0.1, 0.15) is 407 Å². The fourth-order valence-electron chi connectivity index (χ4n) is 11.8. The van der Waals surface area contributed by atoms with Crippen LogP contribution in [-0.4, -0.2) is 96.7 Å². The fraction of sp³-hybridized carbons (Fsp3) is 0.947. The van der Waals surface area contributed by atoms with Crippen LogP contribution in [0.4, 0.5) is 0 Å². The van der Waals surface area contributed by atoms with Crippen LogP contribution in [-0.2, 0) is 65.4 Å². The number of hydrogen-bond acceptors (Lipinski definition) is 15. The van der Waals surface area contributed by atoms with Crippen molar-refractivity contribution in [1.82, 2.24) is 0 Å². The molecule has 0 aliphatic rings. The summed E-state index contributed by atoms with van der Waals surface area (Å²) < 4.78 is 68.2. The van der Waals surface area contributed by atoms with E-state index in [1.54, 1.807) is 0 Å². The molecule has 17 nitrogen and oxygen atoms in total. The standard InChI is InChI=1S/C76H148O17P2/c1-5-9-13-17-20-23-25-27-29-31-33-35-37-39-41-43-45-48-51-55-59-63-76(81)93-72(67-87-74(79)61-57-53-49-47-44-42-40-38-36-34-32-30-28-26-24-21-18-14-10-6-2)69-91-95(84,85)89-65-70(77)64-88-94(82,83)90-68-71(66-86-73(78)60-56-52-16-12-8-4)92-75(80)62-58-54-50-46-22-19-15-11-7-3/h70-72,77H,5-69H2,1-4H3,(H,82,83)(H,84,85)/t70-,71+,72+/m0/s1. The molecule has 0 aliphatic heterocycles. The lowest BCUT2D eigenvalue weighted by Gasteiger charge is -2.21. The minimum atomic E-state index is -4.95. The van der Waals surface area contributed by atoms with Crippen molar-refractivity contribution in [3.63, 3.8) is 0 Å². The molecule has 5 atom stereocenters. The van der Waals surface area contributed by atoms with Gasteiger partial charge in [-0.25, -0.2) is 9.13 Å². The third-order valence-electron chi connectivity index (χ3n) is 17.9. The highest BCUT2D eigenvalue weighted by Crippen LogP contribution is 2.45. The molecule has 0 heterocycles. The molecule has 0 aromatic rings. The second-order valence-electron chi connectivity index (χ2n) is 27.4. The molecule has 0 fully saturated rings. The van der Waals surface area contributed by atoms with E-state index in [1.807, 2.05) is 0 Å². The number of carbonyl (C=O) groups excluding carboxylic acids is 4. The molecule has 0 rings (SSSR count). The average Bonchev–Trinajstić information content (AvgIpc) is 1.37. The first-order chi connectivity index (χ1) is 46.2. The van der Waals surface area contributed by atoms with Crippen molar-refractivity contribution >= 4 is 39.5 Å². The molecule has 564 valence electrons. The van der Waals surface area contributed by atoms with Crippen molar-refractivity contribution in [3.8, 4) is 0 Å². The highest BCUT2D eigenvalue weighted by Gasteiger charge is 2.30. The normalized spacial score (nSPS) is 13.9. The molecule has 0 aromatic carbocycles. The highest BCUT2D eigenvalue weighted by atomic mass is 31.2. The van der Waals surface area contributed by atoms with Gasteiger partial charge in [-0.05, 0) is 25.7 Å². The second-order valence-corrected chi connectivity index (χ2v) is 30.3. The zero-order valence-corrected chi connectivity index (χ0v) is 63.4. The minimum Gasteiger partial charge on any atom is -0.462 e. The Bertz CT molecular complexity index is 1810. The van der Waals surface area contributed by atoms with Crippen LogP contribution in [0.5, 0.6) is 0 Å². The maximum atomic E-state index is 13.1. The topological polar surface area (TPSA) is 237 Å². The summed E-state index contributed by atoms with van der Waals surface area (Å²) in [6.45, 7) is 4.87. The summed E-state index contributed by atoms with van der Waals surface area (Å²) >= 11 is 0. The zero-order chi connectivity index (χ0) is 69.7. The van der Waals surface area contributed by atoms with Crippen molar-refractivity contribution in [2.45, 2.75) is 425 Å². The van der Waals surface area contributed by atoms with E-state index in [0.29, 0.717) is 25.7 Å². The molecule has 0 saturated heterocycles. The van der Waals surface area contributed by atoms with E-state index in [-0.39, 0.29) is 25.7 Å². The number of phosphoric ester groups is 2. The van der Waals surface area contributed by atoms with Gasteiger partial charge in [0.25, 0.3) is 0 Å². The van der Waals surface area contributed by atoms with Crippen LogP contribution in [0.3, 0.4) is 0 Å². The molecular formula is C76H148O17P2. The van der Waals surface area contributed by atoms with Gasteiger partial charge in [-0.2, -0.15) is 0 Å². The number of aliphatic hydroxyl groups excluding tert-OH is 1. The monoisotopic (exact) mass is 1400 g/mol. The van der Waals surface area contributed by atoms with Crippen molar-refractivity contribution in [1.29, 1.82) is 0 Å². The summed E-state index contributed by atoms with van der Waals surface area (Å²) in [5.74, 6) is -2.13. The number of rotatable bonds is 77. The predicted octanol–water partition coefficient (Wildman–Crippen LogP) is 22.6. The Morgan fingerprint density at radius 2 is 0.421 bits per heavy atom. The Labute approximate surface area is 581 Å². The van der Waals surface area contributed by atoms with E-state index >= 15 is 0 Å². The highest BCUT2D eigenvalue weighted by molar-refractivity contribution is 7.47. The van der Waals surface area contributed by atoms with Gasteiger partial charge in [-0.3, -0.25) is 37.3 Å². The molecule has 0 aromatic heterocycles. The molecule has 0 saturated carbocycles. The largest absolute Gasteiger partial charge is 0.472 e. The van der Waals surface area contributed by atoms with Gasteiger partial charge in [0.2, 0.25) is 0 Å². The van der Waals surface area contributed by atoms with Crippen LogP contribution in [0.25, 0.3) is 0 Å². The van der Waals surface area contributed by atoms with E-state index in [0.717, 1.165) is 96.3 Å². The lowest BCUT2D eigenvalue weighted by molar-refractivity contribution is -0.161. The Kier molecular flexibility index (Phi) is 69.1. The van der Waals surface area contributed by atoms with Gasteiger partial charge in [0.15, 0.2) is 12.2 Å². The average molecular weight is 1400 g/mol. The fourth-order valence-corrected chi connectivity index (χ4v) is 13.3. The maximum Gasteiger partial charge on any atom is 0.472 e. The molecule has 3 N–H and O–H groups in total. The van der Waals surface area contributed by atoms with Crippen LogP contribution >= 0.6 is 15.6 Å². The van der Waals surface area contributed by atoms with Gasteiger partial charge in [0, 0.05) is 25.7 Å². The van der Waals surface area contributed by atoms with Crippen molar-refractivity contribution in [3.05, 3.63) is 0 Å². The van der Waals surface area contributed by atoms with E-state index in [9.17, 15) is 43.2 Å². The number of aliphatic hydroxyl groups is 1. The number of unbranched alkanes of at least 4 members (excludes halogenated alkanes) is 51. The van der Waals surface area contributed by atoms with Gasteiger partial charge in [0.05, 0.1) is 26.4 Å². The third kappa shape index (κ3) is 70.3. The van der Waals surface area contributed by atoms with E-state index in [4.69, 9.17) is 37.0 Å². The molecular weight excluding hydrogens is 1250 g/mol. The van der Waals surface area contributed by atoms with E-state index in [1.165, 1.54) is 231 Å². The van der Waals surface area contributed by atoms with E-state index < -0.39 is 97.5 Å². The van der Waals surface area contributed by atoms with Crippen LogP contribution < -0.4 is 0 Å². The van der Waals surface area contributed by atoms with E-state index in [2.05, 4.69) is 27.7 Å². The summed E-state index contributed by atoms with van der Waals surface area (Å²) in [4.78, 5) is 72.4. The van der Waals surface area contributed by atoms with Gasteiger partial charge in [-0.1, -0.05) is 355 Å². The Morgan fingerprint density at radius 1 is 0.253 bits per heavy atom. The Balaban J connectivity index is 5.08. The second kappa shape index (κ2) is 70.5. The molecule has 0 amide bonds. The van der Waals surface area contributed by atoms with Crippen molar-refractivity contribution in [2.75, 3.05) is 39.6 Å². The van der Waals surface area contributed by atoms with Gasteiger partial charge < -0.3 is 33.8 Å². The lowest BCUT2D eigenvalue weighted by atomic mass is 10.0. The third-order valence-corrected chi connectivity index (χ3v) is 19.8. The number of ether oxygens (including phenoxy) is 4. The minimum absolute atomic E-state index is 0.105. The molecule has 0 radical (unpaired) electrons. The van der Waals surface area contributed by atoms with Gasteiger partial charge >= 0.3 is 39.5 Å². The quantitative estimate of drug-likeness (QED) is 0.0222. The van der Waals surface area contributed by atoms with Crippen molar-refractivity contribution < 1.29 is 80.2 Å². The van der Waals surface area contributed by atoms with Gasteiger partial charge in [-0.15, -0.1) is 0 Å². The summed E-state index contributed by atoms with van der Waals surface area (Å²) in [5.41, 5.74) is 0.